The maximum atomic E-state index is 14.4. The highest BCUT2D eigenvalue weighted by Crippen LogP contribution is 2.42. The van der Waals surface area contributed by atoms with E-state index in [4.69, 9.17) is 4.74 Å². The number of allylic oxidation sites excluding steroid dienone is 1. The van der Waals surface area contributed by atoms with Crippen LogP contribution in [0.5, 0.6) is 0 Å². The topological polar surface area (TPSA) is 116 Å². The lowest BCUT2D eigenvalue weighted by Crippen LogP contribution is -2.56. The molecule has 284 valence electrons. The number of anilines is 2. The van der Waals surface area contributed by atoms with Gasteiger partial charge in [0.15, 0.2) is 5.01 Å². The molecule has 0 aliphatic carbocycles. The first-order valence-corrected chi connectivity index (χ1v) is 18.7. The Balaban J connectivity index is 1.20. The maximum Gasteiger partial charge on any atom is 0.443 e. The molecule has 16 heteroatoms. The van der Waals surface area contributed by atoms with Gasteiger partial charge in [0.25, 0.3) is 17.7 Å². The lowest BCUT2D eigenvalue weighted by atomic mass is 9.82. The molecule has 12 nitrogen and oxygen atoms in total. The number of alkyl halides is 3. The zero-order valence-corrected chi connectivity index (χ0v) is 30.9. The smallest absolute Gasteiger partial charge is 0.378 e. The van der Waals surface area contributed by atoms with Crippen molar-refractivity contribution in [1.29, 1.82) is 0 Å². The standard InChI is InChI=1S/C38H41F3N8O4S/c1-4-24(20-46-14-16-47(17-15-46)28-21-53-22-28)35(51)45(3)27-13-9-10-25(18-27)31-29-19-42-49(26-11-7-6-8-12-26)34(29)48(5-2)36(52)32(31)44-33(50)30-23-54-37(43-30)38(39,40)41/h4,6-13,18-19,23,28,31-32H,5,14-17,20-22H2,1-3H3,(H,44,50)/b24-4-/t31-,32+/m1/s1. The summed E-state index contributed by atoms with van der Waals surface area (Å²) in [5, 5.41) is 7.25. The normalized spacial score (nSPS) is 20.1. The summed E-state index contributed by atoms with van der Waals surface area (Å²) in [6.07, 6.45) is -1.24. The molecule has 3 aliphatic rings. The predicted octanol–water partition coefficient (Wildman–Crippen LogP) is 4.57. The number of hydrogen-bond acceptors (Lipinski definition) is 9. The van der Waals surface area contributed by atoms with Crippen LogP contribution >= 0.6 is 11.3 Å². The van der Waals surface area contributed by atoms with E-state index >= 15 is 0 Å². The van der Waals surface area contributed by atoms with Gasteiger partial charge in [-0.3, -0.25) is 29.1 Å². The SMILES string of the molecule is C/C=C(/CN1CCN(C2COC2)CC1)C(=O)N(C)c1cccc([C@@H]2c3cnn(-c4ccccc4)c3N(CC)C(=O)[C@H]2NC(=O)c2csc(C(F)(F)F)n2)c1. The molecule has 3 amide bonds. The van der Waals surface area contributed by atoms with Gasteiger partial charge in [0.2, 0.25) is 0 Å². The number of benzene rings is 2. The quantitative estimate of drug-likeness (QED) is 0.234. The van der Waals surface area contributed by atoms with E-state index in [9.17, 15) is 27.6 Å². The fourth-order valence-corrected chi connectivity index (χ4v) is 7.91. The summed E-state index contributed by atoms with van der Waals surface area (Å²) in [7, 11) is 1.70. The van der Waals surface area contributed by atoms with Gasteiger partial charge >= 0.3 is 6.18 Å². The maximum absolute atomic E-state index is 14.4. The first-order valence-electron chi connectivity index (χ1n) is 17.8. The Kier molecular flexibility index (Phi) is 10.7. The number of hydrogen-bond donors (Lipinski definition) is 1. The zero-order valence-electron chi connectivity index (χ0n) is 30.1. The van der Waals surface area contributed by atoms with Crippen molar-refractivity contribution in [3.05, 3.63) is 99.7 Å². The minimum atomic E-state index is -4.72. The van der Waals surface area contributed by atoms with Crippen molar-refractivity contribution in [2.45, 2.75) is 38.0 Å². The van der Waals surface area contributed by atoms with Gasteiger partial charge in [-0.1, -0.05) is 36.4 Å². The van der Waals surface area contributed by atoms with E-state index in [0.29, 0.717) is 57.8 Å². The second-order valence-electron chi connectivity index (χ2n) is 13.5. The number of fused-ring (bicyclic) bond motifs is 1. The number of ether oxygens (including phenoxy) is 1. The van der Waals surface area contributed by atoms with Crippen molar-refractivity contribution in [2.24, 2.45) is 0 Å². The van der Waals surface area contributed by atoms with Crippen LogP contribution in [-0.4, -0.2) is 114 Å². The van der Waals surface area contributed by atoms with Gasteiger partial charge in [0.05, 0.1) is 31.1 Å². The van der Waals surface area contributed by atoms with E-state index in [1.807, 2.05) is 43.3 Å². The zero-order chi connectivity index (χ0) is 38.1. The summed E-state index contributed by atoms with van der Waals surface area (Å²) >= 11 is 0.309. The summed E-state index contributed by atoms with van der Waals surface area (Å²) < 4.78 is 47.2. The average Bonchev–Trinajstić information content (AvgIpc) is 3.83. The van der Waals surface area contributed by atoms with Crippen LogP contribution in [0.3, 0.4) is 0 Å². The first-order chi connectivity index (χ1) is 26.0. The molecule has 1 N–H and O–H groups in total. The van der Waals surface area contributed by atoms with Crippen molar-refractivity contribution in [3.8, 4) is 5.69 Å². The van der Waals surface area contributed by atoms with Gasteiger partial charge in [-0.15, -0.1) is 11.3 Å². The van der Waals surface area contributed by atoms with Crippen molar-refractivity contribution in [3.63, 3.8) is 0 Å². The van der Waals surface area contributed by atoms with Gasteiger partial charge in [-0.05, 0) is 43.7 Å². The fourth-order valence-electron chi connectivity index (χ4n) is 7.25. The summed E-state index contributed by atoms with van der Waals surface area (Å²) in [5.41, 5.74) is 2.70. The Bertz CT molecular complexity index is 2040. The number of carbonyl (C=O) groups excluding carboxylic acids is 3. The van der Waals surface area contributed by atoms with E-state index in [-0.39, 0.29) is 12.5 Å². The molecular weight excluding hydrogens is 722 g/mol. The minimum Gasteiger partial charge on any atom is -0.378 e. The van der Waals surface area contributed by atoms with Crippen LogP contribution in [0, 0.1) is 0 Å². The molecule has 7 rings (SSSR count). The molecule has 5 heterocycles. The van der Waals surface area contributed by atoms with E-state index in [0.717, 1.165) is 44.8 Å². The summed E-state index contributed by atoms with van der Waals surface area (Å²) in [6.45, 7) is 9.43. The second kappa shape index (κ2) is 15.5. The van der Waals surface area contributed by atoms with Crippen LogP contribution < -0.4 is 15.1 Å². The fraction of sp³-hybridized carbons (Fsp3) is 0.395. The largest absolute Gasteiger partial charge is 0.443 e. The number of nitrogens with zero attached hydrogens (tertiary/aromatic N) is 7. The monoisotopic (exact) mass is 762 g/mol. The van der Waals surface area contributed by atoms with E-state index in [1.54, 1.807) is 54.0 Å². The minimum absolute atomic E-state index is 0.173. The third-order valence-corrected chi connectivity index (χ3v) is 11.2. The molecule has 2 saturated heterocycles. The first kappa shape index (κ1) is 37.4. The number of nitrogens with one attached hydrogen (secondary N) is 1. The van der Waals surface area contributed by atoms with Crippen LogP contribution in [0.1, 0.15) is 46.4 Å². The lowest BCUT2D eigenvalue weighted by Gasteiger charge is -2.42. The molecule has 3 aliphatic heterocycles. The Hall–Kier alpha value is -4.90. The number of rotatable bonds is 10. The van der Waals surface area contributed by atoms with Crippen molar-refractivity contribution >= 4 is 40.6 Å². The summed E-state index contributed by atoms with van der Waals surface area (Å²) in [6, 6.07) is 15.7. The molecule has 2 fully saturated rings. The second-order valence-corrected chi connectivity index (χ2v) is 14.4. The number of carbonyl (C=O) groups is 3. The van der Waals surface area contributed by atoms with E-state index in [1.165, 1.54) is 4.90 Å². The number of likely N-dealkylation sites (N-methyl/N-ethyl adjacent to an activating group) is 2. The molecule has 0 spiro atoms. The molecule has 0 radical (unpaired) electrons. The van der Waals surface area contributed by atoms with Gasteiger partial charge in [-0.25, -0.2) is 9.67 Å². The average molecular weight is 763 g/mol. The Morgan fingerprint density at radius 3 is 2.44 bits per heavy atom. The summed E-state index contributed by atoms with van der Waals surface area (Å²) in [4.78, 5) is 53.2. The molecule has 2 aromatic carbocycles. The Morgan fingerprint density at radius 1 is 1.07 bits per heavy atom. The molecular formula is C38H41F3N8O4S. The number of amides is 3. The van der Waals surface area contributed by atoms with E-state index in [2.05, 4.69) is 25.2 Å². The third-order valence-electron chi connectivity index (χ3n) is 10.3. The Labute approximate surface area is 314 Å². The third kappa shape index (κ3) is 7.30. The van der Waals surface area contributed by atoms with Crippen LogP contribution in [0.4, 0.5) is 24.7 Å². The van der Waals surface area contributed by atoms with E-state index < -0.39 is 40.7 Å². The van der Waals surface area contributed by atoms with Gasteiger partial charge in [-0.2, -0.15) is 18.3 Å². The molecule has 4 aromatic rings. The molecule has 2 atom stereocenters. The number of para-hydroxylation sites is 1. The molecule has 0 bridgehead atoms. The summed E-state index contributed by atoms with van der Waals surface area (Å²) in [5.74, 6) is -1.87. The highest BCUT2D eigenvalue weighted by molar-refractivity contribution is 7.10. The highest BCUT2D eigenvalue weighted by Gasteiger charge is 2.45. The number of thiazole rings is 1. The highest BCUT2D eigenvalue weighted by atomic mass is 32.1. The van der Waals surface area contributed by atoms with Crippen LogP contribution in [0.2, 0.25) is 0 Å². The number of aromatic nitrogens is 3. The van der Waals surface area contributed by atoms with Crippen molar-refractivity contribution in [2.75, 3.05) is 69.3 Å². The van der Waals surface area contributed by atoms with Gasteiger partial charge < -0.3 is 15.0 Å². The van der Waals surface area contributed by atoms with Crippen LogP contribution in [0.25, 0.3) is 5.69 Å². The van der Waals surface area contributed by atoms with Crippen LogP contribution in [-0.2, 0) is 20.5 Å². The Morgan fingerprint density at radius 2 is 1.81 bits per heavy atom. The molecule has 2 aromatic heterocycles. The molecule has 0 saturated carbocycles. The van der Waals surface area contributed by atoms with Gasteiger partial charge in [0.1, 0.15) is 17.6 Å². The molecule has 0 unspecified atom stereocenters. The number of piperazine rings is 1. The molecule has 54 heavy (non-hydrogen) atoms. The van der Waals surface area contributed by atoms with Crippen molar-refractivity contribution in [1.82, 2.24) is 29.9 Å². The number of halogens is 3. The lowest BCUT2D eigenvalue weighted by molar-refractivity contribution is -0.137. The predicted molar refractivity (Wildman–Crippen MR) is 198 cm³/mol. The van der Waals surface area contributed by atoms with Gasteiger partial charge in [0, 0.05) is 74.4 Å². The van der Waals surface area contributed by atoms with Crippen molar-refractivity contribution < 1.29 is 32.3 Å². The van der Waals surface area contributed by atoms with Crippen LogP contribution in [0.15, 0.2) is 77.8 Å².